The van der Waals surface area contributed by atoms with Crippen LogP contribution < -0.4 is 10.1 Å². The maximum Gasteiger partial charge on any atom is 0.251 e. The van der Waals surface area contributed by atoms with Gasteiger partial charge in [-0.15, -0.1) is 0 Å². The number of nitrogens with one attached hydrogen (secondary N) is 1. The van der Waals surface area contributed by atoms with Gasteiger partial charge in [0.1, 0.15) is 12.4 Å². The van der Waals surface area contributed by atoms with E-state index in [4.69, 9.17) is 9.15 Å². The summed E-state index contributed by atoms with van der Waals surface area (Å²) in [4.78, 5) is 18.5. The maximum atomic E-state index is 11.8. The summed E-state index contributed by atoms with van der Waals surface area (Å²) in [6, 6.07) is 7.54. The number of piperidine rings is 1. The van der Waals surface area contributed by atoms with Crippen molar-refractivity contribution in [1.82, 2.24) is 15.2 Å². The Morgan fingerprint density at radius 1 is 1.30 bits per heavy atom. The van der Waals surface area contributed by atoms with E-state index in [0.717, 1.165) is 19.6 Å². The van der Waals surface area contributed by atoms with E-state index in [2.05, 4.69) is 15.2 Å². The first-order valence-corrected chi connectivity index (χ1v) is 11.6. The Bertz CT molecular complexity index is 846. The largest absolute Gasteiger partial charge is 0.473 e. The van der Waals surface area contributed by atoms with Gasteiger partial charge in [0.05, 0.1) is 17.4 Å². The number of carbonyl (C=O) groups is 1. The predicted molar refractivity (Wildman–Crippen MR) is 120 cm³/mol. The van der Waals surface area contributed by atoms with Gasteiger partial charge >= 0.3 is 0 Å². The quantitative estimate of drug-likeness (QED) is 0.443. The lowest BCUT2D eigenvalue weighted by Gasteiger charge is -2.26. The molecule has 2 aromatic rings. The average Bonchev–Trinajstić information content (AvgIpc) is 3.24. The number of carbonyl (C=O) groups excluding carboxylic acids is 1. The first-order chi connectivity index (χ1) is 14.7. The smallest absolute Gasteiger partial charge is 0.251 e. The number of nitrogens with zero attached hydrogens (tertiary/aromatic N) is 2. The van der Waals surface area contributed by atoms with Gasteiger partial charge in [-0.25, -0.2) is 4.98 Å². The van der Waals surface area contributed by atoms with E-state index in [1.165, 1.54) is 30.2 Å². The van der Waals surface area contributed by atoms with Crippen molar-refractivity contribution in [3.8, 4) is 5.88 Å². The van der Waals surface area contributed by atoms with Gasteiger partial charge < -0.3 is 19.0 Å². The van der Waals surface area contributed by atoms with E-state index in [0.29, 0.717) is 30.5 Å². The van der Waals surface area contributed by atoms with Gasteiger partial charge in [-0.05, 0) is 66.5 Å². The molecule has 1 saturated heterocycles. The molecule has 0 aromatic carbocycles. The van der Waals surface area contributed by atoms with Crippen LogP contribution in [-0.2, 0) is 17.1 Å². The summed E-state index contributed by atoms with van der Waals surface area (Å²) in [6.07, 6.45) is 10.8. The van der Waals surface area contributed by atoms with Crippen molar-refractivity contribution in [2.75, 3.05) is 26.2 Å². The van der Waals surface area contributed by atoms with Crippen LogP contribution in [0.1, 0.15) is 30.6 Å². The third-order valence-corrected chi connectivity index (χ3v) is 5.72. The molecule has 0 spiro atoms. The number of hydrogen-bond donors (Lipinski definition) is 2. The molecule has 162 valence electrons. The zero-order chi connectivity index (χ0) is 21.0. The Morgan fingerprint density at radius 2 is 2.17 bits per heavy atom. The lowest BCUT2D eigenvalue weighted by atomic mass is 10.1. The third-order valence-electron chi connectivity index (χ3n) is 4.66. The first-order valence-electron chi connectivity index (χ1n) is 10.2. The minimum atomic E-state index is -1.16. The number of rotatable bonds is 10. The summed E-state index contributed by atoms with van der Waals surface area (Å²) in [7, 11) is -1.16. The molecule has 1 unspecified atom stereocenters. The van der Waals surface area contributed by atoms with Crippen molar-refractivity contribution in [2.45, 2.75) is 31.6 Å². The van der Waals surface area contributed by atoms with Crippen LogP contribution in [0.3, 0.4) is 0 Å². The number of furan rings is 1. The first kappa shape index (κ1) is 22.3. The number of likely N-dealkylation sites (tertiary alicyclic amines) is 1. The summed E-state index contributed by atoms with van der Waals surface area (Å²) in [6.45, 7) is 3.99. The topological polar surface area (TPSA) is 87.8 Å². The summed E-state index contributed by atoms with van der Waals surface area (Å²) in [5.41, 5.74) is 1.21. The number of ether oxygens (including phenoxy) is 1. The summed E-state index contributed by atoms with van der Waals surface area (Å²) < 4.78 is 20.7. The highest BCUT2D eigenvalue weighted by atomic mass is 32.2. The Kier molecular flexibility index (Phi) is 9.14. The third kappa shape index (κ3) is 8.14. The van der Waals surface area contributed by atoms with E-state index in [9.17, 15) is 9.35 Å². The van der Waals surface area contributed by atoms with Crippen molar-refractivity contribution < 1.29 is 18.5 Å². The van der Waals surface area contributed by atoms with Crippen molar-refractivity contribution in [1.29, 1.82) is 0 Å². The number of amides is 1. The van der Waals surface area contributed by atoms with Gasteiger partial charge in [-0.2, -0.15) is 0 Å². The molecule has 1 amide bonds. The van der Waals surface area contributed by atoms with E-state index in [-0.39, 0.29) is 5.91 Å². The van der Waals surface area contributed by atoms with Crippen molar-refractivity contribution in [2.24, 2.45) is 0 Å². The van der Waals surface area contributed by atoms with Crippen LogP contribution in [0, 0.1) is 0 Å². The van der Waals surface area contributed by atoms with Crippen LogP contribution in [0.4, 0.5) is 0 Å². The standard InChI is InChI=1S/C22H29N3O4S/c26-21(18-30(27)17-20-7-6-14-28-20)23-9-2-5-13-29-22-15-19(8-10-24-22)16-25-11-3-1-4-12-25/h2,5-8,10,14-15,18,27H,1,3-4,9,11-13,16-17H2,(H,23,26). The molecule has 30 heavy (non-hydrogen) atoms. The fraction of sp³-hybridized carbons (Fsp3) is 0.409. The molecule has 1 fully saturated rings. The maximum absolute atomic E-state index is 11.8. The molecule has 0 radical (unpaired) electrons. The lowest BCUT2D eigenvalue weighted by molar-refractivity contribution is -0.114. The van der Waals surface area contributed by atoms with Gasteiger partial charge in [-0.1, -0.05) is 12.5 Å². The van der Waals surface area contributed by atoms with E-state index in [1.54, 1.807) is 24.6 Å². The molecule has 1 aliphatic heterocycles. The molecule has 0 aliphatic carbocycles. The second-order valence-electron chi connectivity index (χ2n) is 7.11. The van der Waals surface area contributed by atoms with Crippen LogP contribution in [0.15, 0.2) is 53.3 Å². The van der Waals surface area contributed by atoms with Gasteiger partial charge in [0.2, 0.25) is 5.88 Å². The summed E-state index contributed by atoms with van der Waals surface area (Å²) in [5.74, 6) is 1.24. The van der Waals surface area contributed by atoms with Crippen LogP contribution in [0.5, 0.6) is 5.88 Å². The van der Waals surface area contributed by atoms with Crippen LogP contribution in [-0.4, -0.2) is 52.0 Å². The van der Waals surface area contributed by atoms with Gasteiger partial charge in [-0.3, -0.25) is 9.69 Å². The minimum Gasteiger partial charge on any atom is -0.473 e. The second-order valence-corrected chi connectivity index (χ2v) is 8.44. The van der Waals surface area contributed by atoms with E-state index < -0.39 is 10.8 Å². The molecule has 0 bridgehead atoms. The highest BCUT2D eigenvalue weighted by molar-refractivity contribution is 8.10. The molecule has 2 N–H and O–H groups in total. The molecule has 3 heterocycles. The monoisotopic (exact) mass is 431 g/mol. The molecule has 0 saturated carbocycles. The van der Waals surface area contributed by atoms with Crippen LogP contribution in [0.2, 0.25) is 0 Å². The molecular weight excluding hydrogens is 402 g/mol. The van der Waals surface area contributed by atoms with Gasteiger partial charge in [0.15, 0.2) is 0 Å². The van der Waals surface area contributed by atoms with Gasteiger partial charge in [0, 0.05) is 25.4 Å². The SMILES string of the molecule is O=C(C=S(O)Cc1ccco1)NCC=CCOc1cc(CN2CCCCC2)ccn1. The predicted octanol–water partition coefficient (Wildman–Crippen LogP) is 3.46. The molecule has 1 atom stereocenters. The molecule has 3 rings (SSSR count). The Balaban J connectivity index is 1.34. The number of hydrogen-bond acceptors (Lipinski definition) is 6. The Morgan fingerprint density at radius 3 is 2.97 bits per heavy atom. The molecule has 8 heteroatoms. The summed E-state index contributed by atoms with van der Waals surface area (Å²) >= 11 is 0. The molecule has 1 aliphatic rings. The van der Waals surface area contributed by atoms with Gasteiger partial charge in [0.25, 0.3) is 5.91 Å². The second kappa shape index (κ2) is 12.3. The Hall–Kier alpha value is -2.42. The fourth-order valence-corrected chi connectivity index (χ4v) is 4.06. The highest BCUT2D eigenvalue weighted by Crippen LogP contribution is 2.16. The lowest BCUT2D eigenvalue weighted by Crippen LogP contribution is -2.29. The molecular formula is C22H29N3O4S. The zero-order valence-corrected chi connectivity index (χ0v) is 17.9. The van der Waals surface area contributed by atoms with Crippen LogP contribution in [0.25, 0.3) is 0 Å². The summed E-state index contributed by atoms with van der Waals surface area (Å²) in [5, 5.41) is 3.97. The van der Waals surface area contributed by atoms with Crippen molar-refractivity contribution in [3.05, 3.63) is 60.2 Å². The minimum absolute atomic E-state index is 0.300. The normalized spacial score (nSPS) is 16.0. The highest BCUT2D eigenvalue weighted by Gasteiger charge is 2.10. The molecule has 7 nitrogen and oxygen atoms in total. The van der Waals surface area contributed by atoms with Crippen molar-refractivity contribution in [3.63, 3.8) is 0 Å². The number of pyridine rings is 1. The van der Waals surface area contributed by atoms with E-state index in [1.807, 2.05) is 24.3 Å². The zero-order valence-electron chi connectivity index (χ0n) is 17.0. The van der Waals surface area contributed by atoms with Crippen molar-refractivity contribution >= 4 is 22.0 Å². The molecule has 2 aromatic heterocycles. The van der Waals surface area contributed by atoms with E-state index >= 15 is 0 Å². The average molecular weight is 432 g/mol. The Labute approximate surface area is 179 Å². The van der Waals surface area contributed by atoms with Crippen LogP contribution >= 0.6 is 10.8 Å². The number of aromatic nitrogens is 1. The fourth-order valence-electron chi connectivity index (χ4n) is 3.20.